The Bertz CT molecular complexity index is 958. The van der Waals surface area contributed by atoms with Crippen molar-refractivity contribution in [1.82, 2.24) is 14.3 Å². The number of anilines is 2. The molecule has 0 radical (unpaired) electrons. The van der Waals surface area contributed by atoms with E-state index < -0.39 is 10.0 Å². The third-order valence-corrected chi connectivity index (χ3v) is 6.34. The van der Waals surface area contributed by atoms with Gasteiger partial charge in [0.25, 0.3) is 0 Å². The van der Waals surface area contributed by atoms with Crippen molar-refractivity contribution >= 4 is 21.8 Å². The van der Waals surface area contributed by atoms with E-state index in [0.717, 1.165) is 11.5 Å². The smallest absolute Gasteiger partial charge is 0.243 e. The minimum atomic E-state index is -3.57. The summed E-state index contributed by atoms with van der Waals surface area (Å²) in [5.74, 6) is 1.44. The molecule has 142 valence electrons. The molecule has 0 N–H and O–H groups in total. The molecule has 2 aromatic rings. The molecule has 1 aromatic carbocycles. The number of benzene rings is 1. The minimum absolute atomic E-state index is 0.205. The number of aryl methyl sites for hydroxylation is 1. The van der Waals surface area contributed by atoms with Gasteiger partial charge in [0.05, 0.1) is 16.5 Å². The Labute approximate surface area is 159 Å². The van der Waals surface area contributed by atoms with Gasteiger partial charge in [0, 0.05) is 52.0 Å². The predicted molar refractivity (Wildman–Crippen MR) is 103 cm³/mol. The highest BCUT2D eigenvalue weighted by atomic mass is 32.2. The molecule has 0 aliphatic carbocycles. The van der Waals surface area contributed by atoms with E-state index in [9.17, 15) is 8.42 Å². The van der Waals surface area contributed by atoms with Gasteiger partial charge in [-0.05, 0) is 31.2 Å². The number of sulfonamides is 1. The molecule has 1 aromatic heterocycles. The molecule has 0 atom stereocenters. The lowest BCUT2D eigenvalue weighted by molar-refractivity contribution is 0.382. The SMILES string of the molecule is Cc1cc(N(C)C)nc(N2CCN(S(=O)(=O)c3ccc(C#N)cc3)CC2)n1. The zero-order valence-corrected chi connectivity index (χ0v) is 16.4. The molecule has 3 rings (SSSR count). The fourth-order valence-electron chi connectivity index (χ4n) is 2.89. The van der Waals surface area contributed by atoms with Crippen molar-refractivity contribution in [3.63, 3.8) is 0 Å². The van der Waals surface area contributed by atoms with Crippen molar-refractivity contribution in [2.45, 2.75) is 11.8 Å². The number of nitriles is 1. The Kier molecular flexibility index (Phi) is 5.30. The molecule has 0 bridgehead atoms. The maximum absolute atomic E-state index is 12.8. The fourth-order valence-corrected chi connectivity index (χ4v) is 4.31. The van der Waals surface area contributed by atoms with Crippen molar-refractivity contribution < 1.29 is 8.42 Å². The summed E-state index contributed by atoms with van der Waals surface area (Å²) in [7, 11) is 0.274. The first-order valence-corrected chi connectivity index (χ1v) is 10.0. The van der Waals surface area contributed by atoms with Gasteiger partial charge in [-0.15, -0.1) is 0 Å². The van der Waals surface area contributed by atoms with Crippen LogP contribution in [0.1, 0.15) is 11.3 Å². The number of nitrogens with zero attached hydrogens (tertiary/aromatic N) is 6. The highest BCUT2D eigenvalue weighted by Gasteiger charge is 2.29. The largest absolute Gasteiger partial charge is 0.363 e. The molecule has 0 amide bonds. The van der Waals surface area contributed by atoms with E-state index in [1.807, 2.05) is 43.0 Å². The molecular formula is C18H22N6O2S. The van der Waals surface area contributed by atoms with Gasteiger partial charge in [-0.25, -0.2) is 13.4 Å². The molecule has 8 nitrogen and oxygen atoms in total. The molecule has 0 saturated carbocycles. The second kappa shape index (κ2) is 7.50. The lowest BCUT2D eigenvalue weighted by Gasteiger charge is -2.34. The summed E-state index contributed by atoms with van der Waals surface area (Å²) in [4.78, 5) is 13.2. The first-order chi connectivity index (χ1) is 12.8. The third-order valence-electron chi connectivity index (χ3n) is 4.43. The Morgan fingerprint density at radius 1 is 1.07 bits per heavy atom. The lowest BCUT2D eigenvalue weighted by atomic mass is 10.2. The van der Waals surface area contributed by atoms with Crippen LogP contribution in [-0.4, -0.2) is 63.0 Å². The van der Waals surface area contributed by atoms with E-state index in [1.165, 1.54) is 28.6 Å². The summed E-state index contributed by atoms with van der Waals surface area (Å²) in [6, 6.07) is 9.91. The normalized spacial score (nSPS) is 15.4. The van der Waals surface area contributed by atoms with Crippen LogP contribution in [0.4, 0.5) is 11.8 Å². The zero-order chi connectivity index (χ0) is 19.6. The lowest BCUT2D eigenvalue weighted by Crippen LogP contribution is -2.49. The van der Waals surface area contributed by atoms with Crippen LogP contribution in [0.3, 0.4) is 0 Å². The van der Waals surface area contributed by atoms with Gasteiger partial charge in [0.2, 0.25) is 16.0 Å². The third kappa shape index (κ3) is 4.02. The predicted octanol–water partition coefficient (Wildman–Crippen LogP) is 1.23. The van der Waals surface area contributed by atoms with Crippen LogP contribution in [0, 0.1) is 18.3 Å². The standard InChI is InChI=1S/C18H22N6O2S/c1-14-12-17(22(2)3)21-18(20-14)23-8-10-24(11-9-23)27(25,26)16-6-4-15(13-19)5-7-16/h4-7,12H,8-11H2,1-3H3. The van der Waals surface area contributed by atoms with Crippen molar-refractivity contribution in [3.05, 3.63) is 41.6 Å². The van der Waals surface area contributed by atoms with Gasteiger partial charge >= 0.3 is 0 Å². The summed E-state index contributed by atoms with van der Waals surface area (Å²) in [5.41, 5.74) is 1.31. The van der Waals surface area contributed by atoms with E-state index in [2.05, 4.69) is 9.97 Å². The monoisotopic (exact) mass is 386 g/mol. The highest BCUT2D eigenvalue weighted by molar-refractivity contribution is 7.89. The van der Waals surface area contributed by atoms with Crippen LogP contribution in [0.2, 0.25) is 0 Å². The number of aromatic nitrogens is 2. The van der Waals surface area contributed by atoms with E-state index in [-0.39, 0.29) is 4.90 Å². The van der Waals surface area contributed by atoms with Crippen molar-refractivity contribution in [2.75, 3.05) is 50.1 Å². The van der Waals surface area contributed by atoms with Crippen LogP contribution in [0.15, 0.2) is 35.2 Å². The topological polar surface area (TPSA) is 93.4 Å². The Hall–Kier alpha value is -2.70. The van der Waals surface area contributed by atoms with Gasteiger partial charge in [0.15, 0.2) is 0 Å². The van der Waals surface area contributed by atoms with Gasteiger partial charge in [0.1, 0.15) is 5.82 Å². The zero-order valence-electron chi connectivity index (χ0n) is 15.6. The molecule has 27 heavy (non-hydrogen) atoms. The summed E-state index contributed by atoms with van der Waals surface area (Å²) in [5, 5.41) is 8.86. The van der Waals surface area contributed by atoms with E-state index in [1.54, 1.807) is 0 Å². The second-order valence-electron chi connectivity index (χ2n) is 6.59. The number of hydrogen-bond acceptors (Lipinski definition) is 7. The molecule has 0 unspecified atom stereocenters. The maximum Gasteiger partial charge on any atom is 0.243 e. The molecule has 1 saturated heterocycles. The van der Waals surface area contributed by atoms with Gasteiger partial charge in [-0.2, -0.15) is 14.6 Å². The van der Waals surface area contributed by atoms with Crippen molar-refractivity contribution in [3.8, 4) is 6.07 Å². The molecular weight excluding hydrogens is 364 g/mol. The van der Waals surface area contributed by atoms with Gasteiger partial charge in [-0.1, -0.05) is 0 Å². The quantitative estimate of drug-likeness (QED) is 0.780. The second-order valence-corrected chi connectivity index (χ2v) is 8.53. The number of hydrogen-bond donors (Lipinski definition) is 0. The van der Waals surface area contributed by atoms with Crippen LogP contribution in [0.25, 0.3) is 0 Å². The maximum atomic E-state index is 12.8. The molecule has 2 heterocycles. The molecule has 1 aliphatic heterocycles. The van der Waals surface area contributed by atoms with Crippen molar-refractivity contribution in [1.29, 1.82) is 5.26 Å². The van der Waals surface area contributed by atoms with Crippen molar-refractivity contribution in [2.24, 2.45) is 0 Å². The van der Waals surface area contributed by atoms with Crippen LogP contribution < -0.4 is 9.80 Å². The van der Waals surface area contributed by atoms with E-state index in [0.29, 0.717) is 37.7 Å². The van der Waals surface area contributed by atoms with Crippen LogP contribution >= 0.6 is 0 Å². The molecule has 1 aliphatic rings. The summed E-state index contributed by atoms with van der Waals surface area (Å²) in [6.07, 6.45) is 0. The van der Waals surface area contributed by atoms with E-state index in [4.69, 9.17) is 5.26 Å². The average Bonchev–Trinajstić information content (AvgIpc) is 2.67. The first-order valence-electron chi connectivity index (χ1n) is 8.59. The Morgan fingerprint density at radius 3 is 2.26 bits per heavy atom. The van der Waals surface area contributed by atoms with Crippen LogP contribution in [0.5, 0.6) is 0 Å². The van der Waals surface area contributed by atoms with Crippen LogP contribution in [-0.2, 0) is 10.0 Å². The Morgan fingerprint density at radius 2 is 1.70 bits per heavy atom. The summed E-state index contributed by atoms with van der Waals surface area (Å²) >= 11 is 0. The molecule has 1 fully saturated rings. The fraction of sp³-hybridized carbons (Fsp3) is 0.389. The highest BCUT2D eigenvalue weighted by Crippen LogP contribution is 2.21. The number of piperazine rings is 1. The number of rotatable bonds is 4. The summed E-state index contributed by atoms with van der Waals surface area (Å²) in [6.45, 7) is 3.68. The first kappa shape index (κ1) is 19.1. The summed E-state index contributed by atoms with van der Waals surface area (Å²) < 4.78 is 27.1. The molecule has 9 heteroatoms. The van der Waals surface area contributed by atoms with Gasteiger partial charge < -0.3 is 9.80 Å². The Balaban J connectivity index is 1.74. The van der Waals surface area contributed by atoms with E-state index >= 15 is 0 Å². The minimum Gasteiger partial charge on any atom is -0.363 e. The average molecular weight is 386 g/mol. The molecule has 0 spiro atoms. The van der Waals surface area contributed by atoms with Gasteiger partial charge in [-0.3, -0.25) is 0 Å².